The fraction of sp³-hybridized carbons (Fsp3) is 0.278. The van der Waals surface area contributed by atoms with Gasteiger partial charge in [-0.25, -0.2) is 24.4 Å². The fourth-order valence-corrected chi connectivity index (χ4v) is 3.00. The summed E-state index contributed by atoms with van der Waals surface area (Å²) >= 11 is 0. The number of nitrogens with zero attached hydrogens (tertiary/aromatic N) is 7. The van der Waals surface area contributed by atoms with E-state index in [1.54, 1.807) is 17.0 Å². The van der Waals surface area contributed by atoms with E-state index in [0.717, 1.165) is 12.3 Å². The zero-order valence-corrected chi connectivity index (χ0v) is 15.6. The Kier molecular flexibility index (Phi) is 5.21. The van der Waals surface area contributed by atoms with Crippen molar-refractivity contribution in [2.45, 2.75) is 6.18 Å². The van der Waals surface area contributed by atoms with E-state index in [1.165, 1.54) is 29.6 Å². The van der Waals surface area contributed by atoms with Crippen molar-refractivity contribution < 1.29 is 18.0 Å². The smallest absolute Gasteiger partial charge is 0.353 e. The molecule has 1 aliphatic heterocycles. The minimum Gasteiger partial charge on any atom is -0.353 e. The maximum absolute atomic E-state index is 12.7. The molecule has 1 fully saturated rings. The van der Waals surface area contributed by atoms with Gasteiger partial charge in [0.1, 0.15) is 18.5 Å². The molecule has 4 rings (SSSR count). The quantitative estimate of drug-likeness (QED) is 0.703. The molecule has 9 nitrogen and oxygen atoms in total. The number of urea groups is 1. The highest BCUT2D eigenvalue weighted by atomic mass is 19.4. The first-order valence-corrected chi connectivity index (χ1v) is 9.05. The maximum atomic E-state index is 12.7. The Labute approximate surface area is 169 Å². The summed E-state index contributed by atoms with van der Waals surface area (Å²) in [5.74, 6) is 1.03. The number of hydrogen-bond donors (Lipinski definition) is 1. The summed E-state index contributed by atoms with van der Waals surface area (Å²) in [6.07, 6.45) is 0.856. The molecule has 0 aromatic carbocycles. The van der Waals surface area contributed by atoms with Crippen molar-refractivity contribution in [3.05, 3.63) is 54.9 Å². The highest BCUT2D eigenvalue weighted by molar-refractivity contribution is 5.89. The number of carbonyl (C=O) groups excluding carboxylic acids is 1. The molecule has 3 aromatic heterocycles. The van der Waals surface area contributed by atoms with Gasteiger partial charge in [-0.2, -0.15) is 18.3 Å². The number of anilines is 2. The van der Waals surface area contributed by atoms with Crippen LogP contribution in [0.1, 0.15) is 5.56 Å². The van der Waals surface area contributed by atoms with Crippen LogP contribution >= 0.6 is 0 Å². The van der Waals surface area contributed by atoms with Crippen LogP contribution in [0.15, 0.2) is 49.3 Å². The molecule has 30 heavy (non-hydrogen) atoms. The SMILES string of the molecule is O=C(Nc1ccc(-n2cncn2)nc1)N1CCN(c2ccc(C(F)(F)F)cn2)CC1. The van der Waals surface area contributed by atoms with E-state index >= 15 is 0 Å². The topological polar surface area (TPSA) is 92.1 Å². The van der Waals surface area contributed by atoms with Crippen LogP contribution in [0.4, 0.5) is 29.5 Å². The number of rotatable bonds is 3. The minimum atomic E-state index is -4.41. The van der Waals surface area contributed by atoms with E-state index < -0.39 is 11.7 Å². The lowest BCUT2D eigenvalue weighted by Gasteiger charge is -2.35. The molecule has 1 N–H and O–H groups in total. The van der Waals surface area contributed by atoms with E-state index in [4.69, 9.17) is 0 Å². The molecule has 0 saturated carbocycles. The molecule has 1 saturated heterocycles. The van der Waals surface area contributed by atoms with Crippen LogP contribution < -0.4 is 10.2 Å². The number of carbonyl (C=O) groups is 1. The van der Waals surface area contributed by atoms with E-state index in [-0.39, 0.29) is 6.03 Å². The minimum absolute atomic E-state index is 0.273. The first-order chi connectivity index (χ1) is 14.4. The van der Waals surface area contributed by atoms with Crippen LogP contribution in [0.3, 0.4) is 0 Å². The Balaban J connectivity index is 1.31. The zero-order chi connectivity index (χ0) is 21.1. The largest absolute Gasteiger partial charge is 0.417 e. The molecule has 12 heteroatoms. The molecule has 0 bridgehead atoms. The lowest BCUT2D eigenvalue weighted by molar-refractivity contribution is -0.137. The Hall–Kier alpha value is -3.70. The zero-order valence-electron chi connectivity index (χ0n) is 15.6. The molecule has 0 aliphatic carbocycles. The first kappa shape index (κ1) is 19.6. The van der Waals surface area contributed by atoms with Gasteiger partial charge in [0.25, 0.3) is 0 Å². The Bertz CT molecular complexity index is 982. The molecule has 0 spiro atoms. The van der Waals surface area contributed by atoms with Crippen LogP contribution in [0, 0.1) is 0 Å². The molecule has 0 atom stereocenters. The van der Waals surface area contributed by atoms with Crippen molar-refractivity contribution >= 4 is 17.5 Å². The van der Waals surface area contributed by atoms with E-state index in [1.807, 2.05) is 4.90 Å². The van der Waals surface area contributed by atoms with Gasteiger partial charge in [0, 0.05) is 32.4 Å². The predicted octanol–water partition coefficient (Wildman–Crippen LogP) is 2.43. The second-order valence-corrected chi connectivity index (χ2v) is 6.55. The summed E-state index contributed by atoms with van der Waals surface area (Å²) in [5.41, 5.74) is -0.247. The summed E-state index contributed by atoms with van der Waals surface area (Å²) in [5, 5.41) is 6.76. The van der Waals surface area contributed by atoms with Gasteiger partial charge < -0.3 is 15.1 Å². The van der Waals surface area contributed by atoms with Gasteiger partial charge in [-0.05, 0) is 24.3 Å². The Morgan fingerprint density at radius 1 is 0.967 bits per heavy atom. The second-order valence-electron chi connectivity index (χ2n) is 6.55. The molecule has 1 aliphatic rings. The molecule has 0 unspecified atom stereocenters. The second kappa shape index (κ2) is 7.97. The normalized spacial score (nSPS) is 14.6. The average molecular weight is 418 g/mol. The van der Waals surface area contributed by atoms with Crippen molar-refractivity contribution in [3.63, 3.8) is 0 Å². The van der Waals surface area contributed by atoms with Crippen molar-refractivity contribution in [2.24, 2.45) is 0 Å². The van der Waals surface area contributed by atoms with Crippen LogP contribution in [0.2, 0.25) is 0 Å². The molecular formula is C18H17F3N8O. The lowest BCUT2D eigenvalue weighted by atomic mass is 10.2. The number of halogens is 3. The standard InChI is InChI=1S/C18H17F3N8O/c19-18(20,21)13-1-3-15(23-9-13)27-5-7-28(8-6-27)17(30)26-14-2-4-16(24-10-14)29-12-22-11-25-29/h1-4,9-12H,5-8H2,(H,26,30). The van der Waals surface area contributed by atoms with Gasteiger partial charge in [-0.1, -0.05) is 0 Å². The van der Waals surface area contributed by atoms with E-state index in [2.05, 4.69) is 25.4 Å². The summed E-state index contributed by atoms with van der Waals surface area (Å²) < 4.78 is 39.5. The van der Waals surface area contributed by atoms with Crippen LogP contribution in [0.25, 0.3) is 5.82 Å². The third-order valence-electron chi connectivity index (χ3n) is 4.62. The summed E-state index contributed by atoms with van der Waals surface area (Å²) in [4.78, 5) is 27.9. The number of nitrogens with one attached hydrogen (secondary N) is 1. The Morgan fingerprint density at radius 2 is 1.70 bits per heavy atom. The molecule has 156 valence electrons. The molecule has 4 heterocycles. The number of pyridine rings is 2. The van der Waals surface area contributed by atoms with Crippen LogP contribution in [-0.4, -0.2) is 61.8 Å². The monoisotopic (exact) mass is 418 g/mol. The van der Waals surface area contributed by atoms with Crippen molar-refractivity contribution in [1.82, 2.24) is 29.6 Å². The molecular weight excluding hydrogens is 401 g/mol. The fourth-order valence-electron chi connectivity index (χ4n) is 3.00. The van der Waals surface area contributed by atoms with Gasteiger partial charge in [0.2, 0.25) is 0 Å². The molecule has 3 aromatic rings. The summed E-state index contributed by atoms with van der Waals surface area (Å²) in [7, 11) is 0. The maximum Gasteiger partial charge on any atom is 0.417 e. The number of aromatic nitrogens is 5. The Morgan fingerprint density at radius 3 is 2.27 bits per heavy atom. The van der Waals surface area contributed by atoms with E-state index in [0.29, 0.717) is 43.5 Å². The van der Waals surface area contributed by atoms with Gasteiger partial charge >= 0.3 is 12.2 Å². The summed E-state index contributed by atoms with van der Waals surface area (Å²) in [6, 6.07) is 5.51. The van der Waals surface area contributed by atoms with Crippen molar-refractivity contribution in [2.75, 3.05) is 36.4 Å². The number of hydrogen-bond acceptors (Lipinski definition) is 6. The van der Waals surface area contributed by atoms with Gasteiger partial charge in [-0.3, -0.25) is 0 Å². The summed E-state index contributed by atoms with van der Waals surface area (Å²) in [6.45, 7) is 1.77. The third kappa shape index (κ3) is 4.31. The number of piperazine rings is 1. The van der Waals surface area contributed by atoms with Gasteiger partial charge in [-0.15, -0.1) is 0 Å². The first-order valence-electron chi connectivity index (χ1n) is 9.05. The highest BCUT2D eigenvalue weighted by Gasteiger charge is 2.31. The highest BCUT2D eigenvalue weighted by Crippen LogP contribution is 2.29. The average Bonchev–Trinajstić information content (AvgIpc) is 3.29. The lowest BCUT2D eigenvalue weighted by Crippen LogP contribution is -2.50. The van der Waals surface area contributed by atoms with Crippen molar-refractivity contribution in [3.8, 4) is 5.82 Å². The third-order valence-corrected chi connectivity index (χ3v) is 4.62. The number of alkyl halides is 3. The van der Waals surface area contributed by atoms with Crippen molar-refractivity contribution in [1.29, 1.82) is 0 Å². The van der Waals surface area contributed by atoms with Gasteiger partial charge in [0.05, 0.1) is 17.4 Å². The predicted molar refractivity (Wildman–Crippen MR) is 101 cm³/mol. The number of amides is 2. The van der Waals surface area contributed by atoms with Gasteiger partial charge in [0.15, 0.2) is 5.82 Å². The van der Waals surface area contributed by atoms with E-state index in [9.17, 15) is 18.0 Å². The van der Waals surface area contributed by atoms with Crippen LogP contribution in [0.5, 0.6) is 0 Å². The van der Waals surface area contributed by atoms with Crippen LogP contribution in [-0.2, 0) is 6.18 Å². The molecule has 2 amide bonds. The molecule has 0 radical (unpaired) electrons.